The summed E-state index contributed by atoms with van der Waals surface area (Å²) in [5.41, 5.74) is 0.833. The highest BCUT2D eigenvalue weighted by atomic mass is 19.1. The summed E-state index contributed by atoms with van der Waals surface area (Å²) >= 11 is 0. The van der Waals surface area contributed by atoms with Gasteiger partial charge in [-0.2, -0.15) is 0 Å². The molecule has 1 saturated heterocycles. The molecular formula is C22H31FN2O2. The molecule has 1 saturated carbocycles. The SMILES string of the molecule is O=C(CCC1CCCCC1)NC1CCN(C(=O)Cc2ccc(F)cc2)CC1. The van der Waals surface area contributed by atoms with Crippen molar-refractivity contribution in [1.82, 2.24) is 10.2 Å². The van der Waals surface area contributed by atoms with Gasteiger partial charge in [0.1, 0.15) is 5.82 Å². The Morgan fingerprint density at radius 1 is 1.00 bits per heavy atom. The Morgan fingerprint density at radius 2 is 1.67 bits per heavy atom. The van der Waals surface area contributed by atoms with Crippen LogP contribution in [0.1, 0.15) is 63.4 Å². The summed E-state index contributed by atoms with van der Waals surface area (Å²) in [6.45, 7) is 1.35. The largest absolute Gasteiger partial charge is 0.353 e. The van der Waals surface area contributed by atoms with Crippen molar-refractivity contribution in [1.29, 1.82) is 0 Å². The topological polar surface area (TPSA) is 49.4 Å². The van der Waals surface area contributed by atoms with Crippen LogP contribution in [0.25, 0.3) is 0 Å². The van der Waals surface area contributed by atoms with E-state index in [0.29, 0.717) is 25.9 Å². The average molecular weight is 375 g/mol. The number of rotatable bonds is 6. The van der Waals surface area contributed by atoms with Gasteiger partial charge in [-0.05, 0) is 42.9 Å². The van der Waals surface area contributed by atoms with Gasteiger partial charge in [-0.3, -0.25) is 9.59 Å². The Kier molecular flexibility index (Phi) is 7.25. The van der Waals surface area contributed by atoms with Crippen LogP contribution in [0, 0.1) is 11.7 Å². The van der Waals surface area contributed by atoms with Crippen LogP contribution >= 0.6 is 0 Å². The number of hydrogen-bond acceptors (Lipinski definition) is 2. The second kappa shape index (κ2) is 9.86. The summed E-state index contributed by atoms with van der Waals surface area (Å²) < 4.78 is 13.0. The normalized spacial score (nSPS) is 19.1. The maximum Gasteiger partial charge on any atom is 0.226 e. The molecule has 1 heterocycles. The third-order valence-corrected chi connectivity index (χ3v) is 5.99. The molecule has 2 amide bonds. The monoisotopic (exact) mass is 374 g/mol. The minimum absolute atomic E-state index is 0.0729. The van der Waals surface area contributed by atoms with Crippen LogP contribution < -0.4 is 5.32 Å². The van der Waals surface area contributed by atoms with Crippen LogP contribution in [0.4, 0.5) is 4.39 Å². The molecule has 2 aliphatic rings. The molecule has 27 heavy (non-hydrogen) atoms. The van der Waals surface area contributed by atoms with E-state index in [4.69, 9.17) is 0 Å². The van der Waals surface area contributed by atoms with Gasteiger partial charge in [0.05, 0.1) is 6.42 Å². The van der Waals surface area contributed by atoms with E-state index in [-0.39, 0.29) is 23.7 Å². The smallest absolute Gasteiger partial charge is 0.226 e. The van der Waals surface area contributed by atoms with Crippen LogP contribution in [0.5, 0.6) is 0 Å². The number of carbonyl (C=O) groups excluding carboxylic acids is 2. The molecule has 148 valence electrons. The zero-order valence-electron chi connectivity index (χ0n) is 16.1. The first-order valence-electron chi connectivity index (χ1n) is 10.4. The number of benzene rings is 1. The second-order valence-corrected chi connectivity index (χ2v) is 8.07. The molecule has 0 spiro atoms. The molecule has 5 heteroatoms. The Hall–Kier alpha value is -1.91. The Balaban J connectivity index is 1.34. The average Bonchev–Trinajstić information content (AvgIpc) is 2.69. The van der Waals surface area contributed by atoms with Gasteiger partial charge < -0.3 is 10.2 Å². The molecule has 4 nitrogen and oxygen atoms in total. The zero-order valence-corrected chi connectivity index (χ0v) is 16.1. The van der Waals surface area contributed by atoms with E-state index < -0.39 is 0 Å². The lowest BCUT2D eigenvalue weighted by atomic mass is 9.86. The standard InChI is InChI=1S/C22H31FN2O2/c23-19-9-6-18(7-10-19)16-22(27)25-14-12-20(13-15-25)24-21(26)11-8-17-4-2-1-3-5-17/h6-7,9-10,17,20H,1-5,8,11-16H2,(H,24,26). The Morgan fingerprint density at radius 3 is 2.33 bits per heavy atom. The number of carbonyl (C=O) groups is 2. The first-order valence-corrected chi connectivity index (χ1v) is 10.4. The lowest BCUT2D eigenvalue weighted by Gasteiger charge is -2.32. The number of piperidine rings is 1. The number of nitrogens with zero attached hydrogens (tertiary/aromatic N) is 1. The molecule has 0 bridgehead atoms. The predicted molar refractivity (Wildman–Crippen MR) is 104 cm³/mol. The molecule has 2 fully saturated rings. The van der Waals surface area contributed by atoms with Gasteiger partial charge in [0.15, 0.2) is 0 Å². The van der Waals surface area contributed by atoms with Crippen molar-refractivity contribution in [2.45, 2.75) is 70.3 Å². The van der Waals surface area contributed by atoms with Crippen molar-refractivity contribution in [2.24, 2.45) is 5.92 Å². The molecule has 1 N–H and O–H groups in total. The van der Waals surface area contributed by atoms with Crippen molar-refractivity contribution in [2.75, 3.05) is 13.1 Å². The van der Waals surface area contributed by atoms with Gasteiger partial charge in [0.25, 0.3) is 0 Å². The molecule has 3 rings (SSSR count). The van der Waals surface area contributed by atoms with E-state index in [2.05, 4.69) is 5.32 Å². The first kappa shape index (κ1) is 19.8. The van der Waals surface area contributed by atoms with Crippen molar-refractivity contribution in [3.05, 3.63) is 35.6 Å². The summed E-state index contributed by atoms with van der Waals surface area (Å²) in [7, 11) is 0. The van der Waals surface area contributed by atoms with Gasteiger partial charge in [-0.25, -0.2) is 4.39 Å². The fourth-order valence-electron chi connectivity index (χ4n) is 4.27. The molecule has 0 aromatic heterocycles. The Bertz CT molecular complexity index is 618. The molecule has 1 aliphatic heterocycles. The summed E-state index contributed by atoms with van der Waals surface area (Å²) in [5.74, 6) is 0.682. The quantitative estimate of drug-likeness (QED) is 0.823. The van der Waals surface area contributed by atoms with Gasteiger partial charge in [0, 0.05) is 25.6 Å². The number of halogens is 1. The third-order valence-electron chi connectivity index (χ3n) is 5.99. The summed E-state index contributed by atoms with van der Waals surface area (Å²) in [6.07, 6.45) is 10.1. The van der Waals surface area contributed by atoms with Gasteiger partial charge in [-0.1, -0.05) is 44.2 Å². The highest BCUT2D eigenvalue weighted by Gasteiger charge is 2.24. The van der Waals surface area contributed by atoms with Crippen LogP contribution in [0.3, 0.4) is 0 Å². The molecule has 0 atom stereocenters. The minimum Gasteiger partial charge on any atom is -0.353 e. The highest BCUT2D eigenvalue weighted by molar-refractivity contribution is 5.79. The summed E-state index contributed by atoms with van der Waals surface area (Å²) in [4.78, 5) is 26.5. The summed E-state index contributed by atoms with van der Waals surface area (Å²) in [5, 5.41) is 3.16. The van der Waals surface area contributed by atoms with Crippen molar-refractivity contribution < 1.29 is 14.0 Å². The molecule has 1 aliphatic carbocycles. The van der Waals surface area contributed by atoms with Gasteiger partial charge in [-0.15, -0.1) is 0 Å². The number of nitrogens with one attached hydrogen (secondary N) is 1. The zero-order chi connectivity index (χ0) is 19.1. The van der Waals surface area contributed by atoms with E-state index in [1.807, 2.05) is 4.90 Å². The van der Waals surface area contributed by atoms with E-state index in [1.165, 1.54) is 44.2 Å². The lowest BCUT2D eigenvalue weighted by Crippen LogP contribution is -2.47. The molecule has 1 aromatic carbocycles. The molecular weight excluding hydrogens is 343 g/mol. The van der Waals surface area contributed by atoms with E-state index >= 15 is 0 Å². The van der Waals surface area contributed by atoms with Crippen LogP contribution in [0.15, 0.2) is 24.3 Å². The molecule has 0 radical (unpaired) electrons. The number of hydrogen-bond donors (Lipinski definition) is 1. The van der Waals surface area contributed by atoms with Crippen LogP contribution in [-0.4, -0.2) is 35.8 Å². The van der Waals surface area contributed by atoms with Crippen LogP contribution in [0.2, 0.25) is 0 Å². The number of amides is 2. The maximum absolute atomic E-state index is 13.0. The van der Waals surface area contributed by atoms with Crippen molar-refractivity contribution in [3.8, 4) is 0 Å². The van der Waals surface area contributed by atoms with Crippen LogP contribution in [-0.2, 0) is 16.0 Å². The first-order chi connectivity index (χ1) is 13.1. The Labute approximate surface area is 161 Å². The van der Waals surface area contributed by atoms with Crippen molar-refractivity contribution in [3.63, 3.8) is 0 Å². The highest BCUT2D eigenvalue weighted by Crippen LogP contribution is 2.27. The fraction of sp³-hybridized carbons (Fsp3) is 0.636. The predicted octanol–water partition coefficient (Wildman–Crippen LogP) is 3.84. The maximum atomic E-state index is 13.0. The van der Waals surface area contributed by atoms with E-state index in [0.717, 1.165) is 30.7 Å². The molecule has 1 aromatic rings. The fourth-order valence-corrected chi connectivity index (χ4v) is 4.27. The second-order valence-electron chi connectivity index (χ2n) is 8.07. The van der Waals surface area contributed by atoms with Crippen molar-refractivity contribution >= 4 is 11.8 Å². The minimum atomic E-state index is -0.286. The van der Waals surface area contributed by atoms with E-state index in [9.17, 15) is 14.0 Å². The number of likely N-dealkylation sites (tertiary alicyclic amines) is 1. The lowest BCUT2D eigenvalue weighted by molar-refractivity contribution is -0.131. The van der Waals surface area contributed by atoms with Gasteiger partial charge in [0.2, 0.25) is 11.8 Å². The molecule has 0 unspecified atom stereocenters. The third kappa shape index (κ3) is 6.33. The van der Waals surface area contributed by atoms with Gasteiger partial charge >= 0.3 is 0 Å². The van der Waals surface area contributed by atoms with E-state index in [1.54, 1.807) is 12.1 Å². The summed E-state index contributed by atoms with van der Waals surface area (Å²) in [6, 6.07) is 6.27.